The van der Waals surface area contributed by atoms with Crippen molar-refractivity contribution in [3.05, 3.63) is 0 Å². The normalized spacial score (nSPS) is 20.0. The Kier molecular flexibility index (Phi) is 6.13. The fourth-order valence-electron chi connectivity index (χ4n) is 2.88. The zero-order chi connectivity index (χ0) is 13.8. The molecule has 1 rings (SSSR count). The molecule has 0 aromatic heterocycles. The number of aliphatic hydroxyl groups excluding tert-OH is 1. The minimum atomic E-state index is -0.187. The maximum atomic E-state index is 10.2. The van der Waals surface area contributed by atoms with Gasteiger partial charge in [-0.15, -0.1) is 0 Å². The van der Waals surface area contributed by atoms with Crippen LogP contribution in [0.1, 0.15) is 66.7 Å². The van der Waals surface area contributed by atoms with Crippen molar-refractivity contribution < 1.29 is 5.11 Å². The van der Waals surface area contributed by atoms with E-state index in [1.165, 1.54) is 32.2 Å². The van der Waals surface area contributed by atoms with Crippen LogP contribution in [0.5, 0.6) is 0 Å². The van der Waals surface area contributed by atoms with Crippen LogP contribution in [0.2, 0.25) is 0 Å². The van der Waals surface area contributed by atoms with Crippen molar-refractivity contribution in [3.63, 3.8) is 0 Å². The van der Waals surface area contributed by atoms with Crippen molar-refractivity contribution in [1.82, 2.24) is 4.90 Å². The lowest BCUT2D eigenvalue weighted by Crippen LogP contribution is -2.39. The highest BCUT2D eigenvalue weighted by atomic mass is 16.3. The largest absolute Gasteiger partial charge is 0.393 e. The van der Waals surface area contributed by atoms with Gasteiger partial charge in [-0.25, -0.2) is 0 Å². The van der Waals surface area contributed by atoms with Crippen LogP contribution in [-0.2, 0) is 0 Å². The predicted octanol–water partition coefficient (Wildman–Crippen LogP) is 3.68. The summed E-state index contributed by atoms with van der Waals surface area (Å²) in [6.07, 6.45) is 6.22. The van der Waals surface area contributed by atoms with E-state index < -0.39 is 0 Å². The summed E-state index contributed by atoms with van der Waals surface area (Å²) in [5.41, 5.74) is 0.0131. The second-order valence-electron chi connectivity index (χ2n) is 7.50. The molecule has 108 valence electrons. The van der Waals surface area contributed by atoms with Gasteiger partial charge in [0.25, 0.3) is 0 Å². The van der Waals surface area contributed by atoms with Crippen molar-refractivity contribution in [2.75, 3.05) is 13.1 Å². The van der Waals surface area contributed by atoms with E-state index >= 15 is 0 Å². The molecule has 0 spiro atoms. The maximum absolute atomic E-state index is 10.2. The third-order valence-electron chi connectivity index (χ3n) is 4.13. The fraction of sp³-hybridized carbons (Fsp3) is 1.00. The highest BCUT2D eigenvalue weighted by Crippen LogP contribution is 2.26. The van der Waals surface area contributed by atoms with Crippen LogP contribution >= 0.6 is 0 Å². The first-order chi connectivity index (χ1) is 8.30. The van der Waals surface area contributed by atoms with Crippen LogP contribution < -0.4 is 0 Å². The summed E-state index contributed by atoms with van der Waals surface area (Å²) < 4.78 is 0. The summed E-state index contributed by atoms with van der Waals surface area (Å²) >= 11 is 0. The molecule has 0 aromatic carbocycles. The molecule has 1 N–H and O–H groups in total. The van der Waals surface area contributed by atoms with Crippen molar-refractivity contribution in [1.29, 1.82) is 0 Å². The summed E-state index contributed by atoms with van der Waals surface area (Å²) in [6.45, 7) is 13.2. The van der Waals surface area contributed by atoms with Gasteiger partial charge in [-0.3, -0.25) is 0 Å². The molecular weight excluding hydrogens is 222 g/mol. The summed E-state index contributed by atoms with van der Waals surface area (Å²) in [4.78, 5) is 2.63. The average Bonchev–Trinajstić information content (AvgIpc) is 2.74. The van der Waals surface area contributed by atoms with E-state index in [2.05, 4.69) is 39.5 Å². The lowest BCUT2D eigenvalue weighted by molar-refractivity contribution is 0.0388. The van der Waals surface area contributed by atoms with Gasteiger partial charge in [-0.2, -0.15) is 0 Å². The summed E-state index contributed by atoms with van der Waals surface area (Å²) in [5.74, 6) is 0.720. The smallest absolute Gasteiger partial charge is 0.0600 e. The van der Waals surface area contributed by atoms with Gasteiger partial charge in [0.1, 0.15) is 0 Å². The number of nitrogens with zero attached hydrogens (tertiary/aromatic N) is 1. The highest BCUT2D eigenvalue weighted by molar-refractivity contribution is 4.80. The highest BCUT2D eigenvalue weighted by Gasteiger charge is 2.26. The van der Waals surface area contributed by atoms with Gasteiger partial charge in [-0.1, -0.05) is 47.5 Å². The maximum Gasteiger partial charge on any atom is 0.0600 e. The Morgan fingerprint density at radius 2 is 1.72 bits per heavy atom. The predicted molar refractivity (Wildman–Crippen MR) is 78.7 cm³/mol. The lowest BCUT2D eigenvalue weighted by atomic mass is 9.87. The number of hydrogen-bond acceptors (Lipinski definition) is 2. The van der Waals surface area contributed by atoms with Crippen LogP contribution in [0.15, 0.2) is 0 Å². The summed E-state index contributed by atoms with van der Waals surface area (Å²) in [7, 11) is 0. The van der Waals surface area contributed by atoms with Crippen molar-refractivity contribution in [2.45, 2.75) is 78.9 Å². The molecule has 1 unspecified atom stereocenters. The zero-order valence-electron chi connectivity index (χ0n) is 13.1. The van der Waals surface area contributed by atoms with E-state index in [4.69, 9.17) is 0 Å². The second kappa shape index (κ2) is 6.91. The van der Waals surface area contributed by atoms with E-state index in [0.717, 1.165) is 24.9 Å². The van der Waals surface area contributed by atoms with Gasteiger partial charge >= 0.3 is 0 Å². The van der Waals surface area contributed by atoms with Crippen LogP contribution in [0, 0.1) is 11.3 Å². The SMILES string of the molecule is CC(C)CN(CCC(O)C(C)(C)C)C1CCCC1. The van der Waals surface area contributed by atoms with Gasteiger partial charge in [0.15, 0.2) is 0 Å². The molecule has 1 aliphatic carbocycles. The van der Waals surface area contributed by atoms with E-state index in [1.54, 1.807) is 0 Å². The minimum absolute atomic E-state index is 0.0131. The first-order valence-electron chi connectivity index (χ1n) is 7.73. The fourth-order valence-corrected chi connectivity index (χ4v) is 2.88. The monoisotopic (exact) mass is 255 g/mol. The van der Waals surface area contributed by atoms with E-state index in [9.17, 15) is 5.11 Å². The Morgan fingerprint density at radius 3 is 2.17 bits per heavy atom. The van der Waals surface area contributed by atoms with Gasteiger partial charge < -0.3 is 10.0 Å². The molecule has 18 heavy (non-hydrogen) atoms. The van der Waals surface area contributed by atoms with Crippen molar-refractivity contribution >= 4 is 0 Å². The Bertz CT molecular complexity index is 226. The van der Waals surface area contributed by atoms with Gasteiger partial charge in [0, 0.05) is 19.1 Å². The zero-order valence-corrected chi connectivity index (χ0v) is 13.1. The molecule has 1 atom stereocenters. The molecule has 0 radical (unpaired) electrons. The Labute approximate surface area is 114 Å². The van der Waals surface area contributed by atoms with Crippen LogP contribution in [0.25, 0.3) is 0 Å². The van der Waals surface area contributed by atoms with Crippen molar-refractivity contribution in [3.8, 4) is 0 Å². The Morgan fingerprint density at radius 1 is 1.17 bits per heavy atom. The summed E-state index contributed by atoms with van der Waals surface area (Å²) in [6, 6.07) is 0.777. The van der Waals surface area contributed by atoms with E-state index in [-0.39, 0.29) is 11.5 Å². The molecule has 2 nitrogen and oxygen atoms in total. The average molecular weight is 255 g/mol. The standard InChI is InChI=1S/C16H33NO/c1-13(2)12-17(14-8-6-7-9-14)11-10-15(18)16(3,4)5/h13-15,18H,6-12H2,1-5H3. The van der Waals surface area contributed by atoms with E-state index in [0.29, 0.717) is 0 Å². The molecule has 0 aromatic rings. The quantitative estimate of drug-likeness (QED) is 0.782. The first-order valence-corrected chi connectivity index (χ1v) is 7.73. The molecule has 0 heterocycles. The van der Waals surface area contributed by atoms with E-state index in [1.807, 2.05) is 0 Å². The topological polar surface area (TPSA) is 23.5 Å². The molecule has 1 fully saturated rings. The number of hydrogen-bond donors (Lipinski definition) is 1. The first kappa shape index (κ1) is 16.0. The third-order valence-corrected chi connectivity index (χ3v) is 4.13. The van der Waals surface area contributed by atoms with Gasteiger partial charge in [0.05, 0.1) is 6.10 Å². The molecular formula is C16H33NO. The van der Waals surface area contributed by atoms with Crippen LogP contribution in [-0.4, -0.2) is 35.2 Å². The molecule has 2 heteroatoms. The molecule has 1 aliphatic rings. The molecule has 0 bridgehead atoms. The van der Waals surface area contributed by atoms with Gasteiger partial charge in [0.2, 0.25) is 0 Å². The molecule has 0 saturated heterocycles. The Balaban J connectivity index is 2.45. The molecule has 0 aliphatic heterocycles. The number of aliphatic hydroxyl groups is 1. The third kappa shape index (κ3) is 5.27. The molecule has 1 saturated carbocycles. The number of rotatable bonds is 6. The Hall–Kier alpha value is -0.0800. The second-order valence-corrected chi connectivity index (χ2v) is 7.50. The van der Waals surface area contributed by atoms with Crippen molar-refractivity contribution in [2.24, 2.45) is 11.3 Å². The van der Waals surface area contributed by atoms with Crippen LogP contribution in [0.4, 0.5) is 0 Å². The minimum Gasteiger partial charge on any atom is -0.393 e. The van der Waals surface area contributed by atoms with Gasteiger partial charge in [-0.05, 0) is 30.6 Å². The van der Waals surface area contributed by atoms with Crippen LogP contribution in [0.3, 0.4) is 0 Å². The molecule has 0 amide bonds. The summed E-state index contributed by atoms with van der Waals surface area (Å²) in [5, 5.41) is 10.2. The lowest BCUT2D eigenvalue weighted by Gasteiger charge is -2.33.